The second-order valence-electron chi connectivity index (χ2n) is 7.07. The molecule has 0 aliphatic carbocycles. The Morgan fingerprint density at radius 1 is 0.889 bits per heavy atom. The van der Waals surface area contributed by atoms with E-state index in [1.807, 2.05) is 54.6 Å². The molecular formula is C24H24FNO. The van der Waals surface area contributed by atoms with Crippen molar-refractivity contribution in [3.63, 3.8) is 0 Å². The van der Waals surface area contributed by atoms with Crippen LogP contribution < -0.4 is 10.1 Å². The summed E-state index contributed by atoms with van der Waals surface area (Å²) >= 11 is 0. The molecule has 27 heavy (non-hydrogen) atoms. The molecule has 1 heterocycles. The van der Waals surface area contributed by atoms with Crippen LogP contribution >= 0.6 is 0 Å². The van der Waals surface area contributed by atoms with Crippen LogP contribution in [0.2, 0.25) is 0 Å². The van der Waals surface area contributed by atoms with Crippen LogP contribution in [0.1, 0.15) is 29.9 Å². The van der Waals surface area contributed by atoms with Crippen molar-refractivity contribution in [1.82, 2.24) is 5.32 Å². The molecule has 138 valence electrons. The summed E-state index contributed by atoms with van der Waals surface area (Å²) in [6.07, 6.45) is 2.10. The Kier molecular flexibility index (Phi) is 5.50. The van der Waals surface area contributed by atoms with Gasteiger partial charge >= 0.3 is 0 Å². The highest BCUT2D eigenvalue weighted by atomic mass is 19.1. The van der Waals surface area contributed by atoms with Crippen molar-refractivity contribution >= 4 is 0 Å². The number of benzene rings is 3. The van der Waals surface area contributed by atoms with E-state index in [0.717, 1.165) is 53.9 Å². The zero-order valence-electron chi connectivity index (χ0n) is 15.3. The Morgan fingerprint density at radius 2 is 1.63 bits per heavy atom. The molecule has 1 aliphatic rings. The molecule has 1 N–H and O–H groups in total. The summed E-state index contributed by atoms with van der Waals surface area (Å²) in [5.74, 6) is 1.01. The summed E-state index contributed by atoms with van der Waals surface area (Å²) in [6.45, 7) is 2.48. The Morgan fingerprint density at radius 3 is 2.44 bits per heavy atom. The molecule has 1 fully saturated rings. The average Bonchev–Trinajstić information content (AvgIpc) is 2.73. The van der Waals surface area contributed by atoms with Gasteiger partial charge in [0.1, 0.15) is 18.2 Å². The van der Waals surface area contributed by atoms with Crippen LogP contribution in [0, 0.1) is 5.82 Å². The summed E-state index contributed by atoms with van der Waals surface area (Å²) in [6, 6.07) is 23.4. The van der Waals surface area contributed by atoms with Gasteiger partial charge in [0.25, 0.3) is 0 Å². The topological polar surface area (TPSA) is 21.3 Å². The van der Waals surface area contributed by atoms with Gasteiger partial charge in [-0.15, -0.1) is 0 Å². The van der Waals surface area contributed by atoms with E-state index < -0.39 is 0 Å². The molecular weight excluding hydrogens is 337 g/mol. The standard InChI is InChI=1S/C24H24FNO/c25-22-15-20(19-10-12-26-13-11-19)14-21(16-22)23-8-4-5-9-24(23)27-17-18-6-2-1-3-7-18/h1-9,14-16,19,26H,10-13,17H2. The van der Waals surface area contributed by atoms with Crippen molar-refractivity contribution in [3.8, 4) is 16.9 Å². The van der Waals surface area contributed by atoms with Gasteiger partial charge in [-0.3, -0.25) is 0 Å². The fourth-order valence-electron chi connectivity index (χ4n) is 3.73. The number of piperidine rings is 1. The van der Waals surface area contributed by atoms with Crippen molar-refractivity contribution < 1.29 is 9.13 Å². The third-order valence-electron chi connectivity index (χ3n) is 5.17. The van der Waals surface area contributed by atoms with Gasteiger partial charge in [0.05, 0.1) is 0 Å². The molecule has 0 atom stereocenters. The van der Waals surface area contributed by atoms with Gasteiger partial charge in [-0.1, -0.05) is 54.6 Å². The highest BCUT2D eigenvalue weighted by Gasteiger charge is 2.17. The molecule has 3 aromatic rings. The lowest BCUT2D eigenvalue weighted by Gasteiger charge is -2.23. The highest BCUT2D eigenvalue weighted by Crippen LogP contribution is 2.34. The third kappa shape index (κ3) is 4.37. The first kappa shape index (κ1) is 17.7. The molecule has 3 heteroatoms. The minimum atomic E-state index is -0.182. The van der Waals surface area contributed by atoms with E-state index in [1.54, 1.807) is 12.1 Å². The van der Waals surface area contributed by atoms with Crippen molar-refractivity contribution in [2.75, 3.05) is 13.1 Å². The Balaban J connectivity index is 1.62. The minimum Gasteiger partial charge on any atom is -0.488 e. The largest absolute Gasteiger partial charge is 0.488 e. The van der Waals surface area contributed by atoms with E-state index in [1.165, 1.54) is 0 Å². The van der Waals surface area contributed by atoms with E-state index in [4.69, 9.17) is 4.74 Å². The second-order valence-corrected chi connectivity index (χ2v) is 7.07. The number of nitrogens with one attached hydrogen (secondary N) is 1. The third-order valence-corrected chi connectivity index (χ3v) is 5.17. The first-order valence-electron chi connectivity index (χ1n) is 9.57. The highest BCUT2D eigenvalue weighted by molar-refractivity contribution is 5.71. The number of hydrogen-bond donors (Lipinski definition) is 1. The molecule has 0 spiro atoms. The number of hydrogen-bond acceptors (Lipinski definition) is 2. The maximum absolute atomic E-state index is 14.4. The van der Waals surface area contributed by atoms with Crippen molar-refractivity contribution in [2.45, 2.75) is 25.4 Å². The molecule has 4 rings (SSSR count). The van der Waals surface area contributed by atoms with Crippen LogP contribution in [0.3, 0.4) is 0 Å². The number of ether oxygens (including phenoxy) is 1. The van der Waals surface area contributed by atoms with Gasteiger partial charge in [0.2, 0.25) is 0 Å². The number of halogens is 1. The van der Waals surface area contributed by atoms with Gasteiger partial charge in [0, 0.05) is 5.56 Å². The lowest BCUT2D eigenvalue weighted by Crippen LogP contribution is -2.26. The smallest absolute Gasteiger partial charge is 0.127 e. The summed E-state index contributed by atoms with van der Waals surface area (Å²) in [5, 5.41) is 3.37. The maximum atomic E-state index is 14.4. The Hall–Kier alpha value is -2.65. The van der Waals surface area contributed by atoms with Gasteiger partial charge in [-0.25, -0.2) is 4.39 Å². The Labute approximate surface area is 160 Å². The fourth-order valence-corrected chi connectivity index (χ4v) is 3.73. The average molecular weight is 361 g/mol. The molecule has 1 saturated heterocycles. The molecule has 0 saturated carbocycles. The summed E-state index contributed by atoms with van der Waals surface area (Å²) < 4.78 is 20.5. The van der Waals surface area contributed by atoms with Gasteiger partial charge in [0.15, 0.2) is 0 Å². The van der Waals surface area contributed by atoms with E-state index in [2.05, 4.69) is 11.4 Å². The molecule has 0 aromatic heterocycles. The zero-order valence-corrected chi connectivity index (χ0v) is 15.3. The monoisotopic (exact) mass is 361 g/mol. The lowest BCUT2D eigenvalue weighted by molar-refractivity contribution is 0.307. The lowest BCUT2D eigenvalue weighted by atomic mass is 9.88. The van der Waals surface area contributed by atoms with Crippen molar-refractivity contribution in [3.05, 3.63) is 89.7 Å². The van der Waals surface area contributed by atoms with E-state index in [9.17, 15) is 4.39 Å². The van der Waals surface area contributed by atoms with Gasteiger partial charge in [-0.2, -0.15) is 0 Å². The van der Waals surface area contributed by atoms with E-state index >= 15 is 0 Å². The number of rotatable bonds is 5. The molecule has 0 bridgehead atoms. The van der Waals surface area contributed by atoms with Crippen LogP contribution in [-0.2, 0) is 6.61 Å². The molecule has 2 nitrogen and oxygen atoms in total. The van der Waals surface area contributed by atoms with Crippen LogP contribution in [0.4, 0.5) is 4.39 Å². The van der Waals surface area contributed by atoms with E-state index in [0.29, 0.717) is 12.5 Å². The molecule has 0 radical (unpaired) electrons. The summed E-state index contributed by atoms with van der Waals surface area (Å²) in [7, 11) is 0. The first-order valence-corrected chi connectivity index (χ1v) is 9.57. The predicted molar refractivity (Wildman–Crippen MR) is 107 cm³/mol. The SMILES string of the molecule is Fc1cc(-c2ccccc2OCc2ccccc2)cc(C2CCNCC2)c1. The predicted octanol–water partition coefficient (Wildman–Crippen LogP) is 5.54. The molecule has 0 amide bonds. The van der Waals surface area contributed by atoms with Crippen LogP contribution in [0.25, 0.3) is 11.1 Å². The molecule has 1 aliphatic heterocycles. The quantitative estimate of drug-likeness (QED) is 0.644. The normalized spacial score (nSPS) is 14.9. The second kappa shape index (κ2) is 8.36. The number of para-hydroxylation sites is 1. The van der Waals surface area contributed by atoms with Gasteiger partial charge < -0.3 is 10.1 Å². The molecule has 0 unspecified atom stereocenters. The first-order chi connectivity index (χ1) is 13.3. The van der Waals surface area contributed by atoms with Crippen molar-refractivity contribution in [2.24, 2.45) is 0 Å². The molecule has 3 aromatic carbocycles. The zero-order chi connectivity index (χ0) is 18.5. The minimum absolute atomic E-state index is 0.182. The van der Waals surface area contributed by atoms with Crippen molar-refractivity contribution in [1.29, 1.82) is 0 Å². The van der Waals surface area contributed by atoms with Gasteiger partial charge in [-0.05, 0) is 66.7 Å². The maximum Gasteiger partial charge on any atom is 0.127 e. The summed E-state index contributed by atoms with van der Waals surface area (Å²) in [4.78, 5) is 0. The van der Waals surface area contributed by atoms with Crippen LogP contribution in [-0.4, -0.2) is 13.1 Å². The van der Waals surface area contributed by atoms with E-state index in [-0.39, 0.29) is 5.82 Å². The Bertz CT molecular complexity index is 888. The van der Waals surface area contributed by atoms with Crippen LogP contribution in [0.15, 0.2) is 72.8 Å². The summed E-state index contributed by atoms with van der Waals surface area (Å²) in [5.41, 5.74) is 4.02. The van der Waals surface area contributed by atoms with Crippen LogP contribution in [0.5, 0.6) is 5.75 Å². The fraction of sp³-hybridized carbons (Fsp3) is 0.250.